The molecule has 2 aliphatic heterocycles. The molecule has 14 heteroatoms. The minimum absolute atomic E-state index is 0.141. The fourth-order valence-corrected chi connectivity index (χ4v) is 7.24. The third kappa shape index (κ3) is 7.49. The van der Waals surface area contributed by atoms with Gasteiger partial charge in [0.25, 0.3) is 11.8 Å². The Balaban J connectivity index is 1.34. The number of nitrogens with one attached hydrogen (secondary N) is 2. The highest BCUT2D eigenvalue weighted by molar-refractivity contribution is 9.10. The molecule has 1 fully saturated rings. The van der Waals surface area contributed by atoms with Crippen LogP contribution in [0.15, 0.2) is 81.6 Å². The van der Waals surface area contributed by atoms with Gasteiger partial charge in [-0.15, -0.1) is 5.10 Å². The second kappa shape index (κ2) is 15.0. The summed E-state index contributed by atoms with van der Waals surface area (Å²) in [6.45, 7) is 5.69. The second-order valence-electron chi connectivity index (χ2n) is 11.2. The number of thioether (sulfide) groups is 1. The summed E-state index contributed by atoms with van der Waals surface area (Å²) in [4.78, 5) is 33.4. The zero-order valence-corrected chi connectivity index (χ0v) is 29.7. The average molecular weight is 754 g/mol. The molecular formula is C34H34BrClN6O5S. The van der Waals surface area contributed by atoms with E-state index in [-0.39, 0.29) is 18.4 Å². The van der Waals surface area contributed by atoms with Crippen molar-refractivity contribution in [2.75, 3.05) is 50.7 Å². The zero-order chi connectivity index (χ0) is 33.8. The van der Waals surface area contributed by atoms with Crippen LogP contribution >= 0.6 is 39.3 Å². The highest BCUT2D eigenvalue weighted by Crippen LogP contribution is 2.43. The number of halogens is 2. The van der Waals surface area contributed by atoms with Crippen molar-refractivity contribution in [1.29, 1.82) is 0 Å². The highest BCUT2D eigenvalue weighted by Gasteiger charge is 2.36. The molecule has 1 atom stereocenters. The number of nitrogens with zero attached hydrogens (tertiary/aromatic N) is 4. The molecule has 0 saturated carbocycles. The Morgan fingerprint density at radius 3 is 2.67 bits per heavy atom. The van der Waals surface area contributed by atoms with Crippen molar-refractivity contribution < 1.29 is 23.8 Å². The number of methoxy groups -OCH3 is 1. The quantitative estimate of drug-likeness (QED) is 0.176. The topological polar surface area (TPSA) is 120 Å². The van der Waals surface area contributed by atoms with Crippen molar-refractivity contribution in [3.63, 3.8) is 0 Å². The molecule has 2 aliphatic rings. The Morgan fingerprint density at radius 2 is 1.92 bits per heavy atom. The van der Waals surface area contributed by atoms with Gasteiger partial charge in [0.2, 0.25) is 11.1 Å². The van der Waals surface area contributed by atoms with E-state index < -0.39 is 6.04 Å². The van der Waals surface area contributed by atoms with E-state index in [0.717, 1.165) is 11.1 Å². The third-order valence-electron chi connectivity index (χ3n) is 7.94. The van der Waals surface area contributed by atoms with Crippen molar-refractivity contribution in [2.45, 2.75) is 30.8 Å². The molecule has 48 heavy (non-hydrogen) atoms. The van der Waals surface area contributed by atoms with Gasteiger partial charge in [0.15, 0.2) is 18.1 Å². The van der Waals surface area contributed by atoms with E-state index in [4.69, 9.17) is 35.9 Å². The first-order valence-corrected chi connectivity index (χ1v) is 17.4. The number of amides is 2. The maximum absolute atomic E-state index is 14.1. The third-order valence-corrected chi connectivity index (χ3v) is 9.78. The van der Waals surface area contributed by atoms with Crippen molar-refractivity contribution in [3.05, 3.63) is 98.1 Å². The maximum Gasteiger partial charge on any atom is 0.260 e. The fraction of sp³-hybridized carbons (Fsp3) is 0.294. The largest absolute Gasteiger partial charge is 0.493 e. The van der Waals surface area contributed by atoms with E-state index in [1.54, 1.807) is 15.6 Å². The van der Waals surface area contributed by atoms with Crippen molar-refractivity contribution in [1.82, 2.24) is 19.7 Å². The number of anilines is 2. The molecular weight excluding hydrogens is 720 g/mol. The molecule has 6 rings (SSSR count). The van der Waals surface area contributed by atoms with E-state index >= 15 is 0 Å². The zero-order valence-electron chi connectivity index (χ0n) is 26.6. The minimum Gasteiger partial charge on any atom is -0.493 e. The Morgan fingerprint density at radius 1 is 1.12 bits per heavy atom. The molecule has 250 valence electrons. The van der Waals surface area contributed by atoms with E-state index in [0.29, 0.717) is 86.7 Å². The van der Waals surface area contributed by atoms with Crippen LogP contribution in [0.1, 0.15) is 29.7 Å². The molecule has 1 unspecified atom stereocenters. The molecule has 11 nitrogen and oxygen atoms in total. The molecule has 3 heterocycles. The number of carbonyl (C=O) groups is 2. The van der Waals surface area contributed by atoms with Gasteiger partial charge in [-0.1, -0.05) is 53.7 Å². The van der Waals surface area contributed by atoms with Crippen molar-refractivity contribution in [2.24, 2.45) is 0 Å². The minimum atomic E-state index is -0.692. The number of hydrogen-bond acceptors (Lipinski definition) is 9. The van der Waals surface area contributed by atoms with Gasteiger partial charge < -0.3 is 29.7 Å². The number of rotatable bonds is 10. The number of benzene rings is 3. The van der Waals surface area contributed by atoms with E-state index in [1.807, 2.05) is 68.4 Å². The van der Waals surface area contributed by atoms with E-state index in [2.05, 4.69) is 26.6 Å². The predicted octanol–water partition coefficient (Wildman–Crippen LogP) is 6.47. The standard InChI is InChI=1S/C34H34BrClN6O5S/c1-20-7-6-9-24(15-20)38-32(44)29-21(2)37-33-39-34(48-19-22-8-4-5-10-26(22)36)40-42(33)30(29)23-16-25(35)31(27(17-23)45-3)47-18-28(43)41-11-13-46-14-12-41/h4-10,15-17,30H,11-14,18-19H2,1-3H3,(H,38,44)(H,37,39,40). The van der Waals surface area contributed by atoms with Crippen LogP contribution < -0.4 is 20.1 Å². The Hall–Kier alpha value is -4.04. The fourth-order valence-electron chi connectivity index (χ4n) is 5.55. The molecule has 0 aliphatic carbocycles. The first-order valence-electron chi connectivity index (χ1n) is 15.3. The maximum atomic E-state index is 14.1. The lowest BCUT2D eigenvalue weighted by Gasteiger charge is -2.29. The molecule has 1 saturated heterocycles. The summed E-state index contributed by atoms with van der Waals surface area (Å²) in [5.41, 5.74) is 4.42. The van der Waals surface area contributed by atoms with Gasteiger partial charge in [0.05, 0.1) is 30.4 Å². The lowest BCUT2D eigenvalue weighted by molar-refractivity contribution is -0.137. The molecule has 2 N–H and O–H groups in total. The van der Waals surface area contributed by atoms with E-state index in [9.17, 15) is 9.59 Å². The molecule has 0 spiro atoms. The van der Waals surface area contributed by atoms with Crippen LogP contribution in [0, 0.1) is 6.92 Å². The lowest BCUT2D eigenvalue weighted by atomic mass is 9.94. The van der Waals surface area contributed by atoms with Crippen molar-refractivity contribution in [3.8, 4) is 11.5 Å². The number of hydrogen-bond donors (Lipinski definition) is 2. The van der Waals surface area contributed by atoms with Gasteiger partial charge in [0.1, 0.15) is 6.04 Å². The normalized spacial score (nSPS) is 15.9. The SMILES string of the molecule is COc1cc(C2C(C(=O)Nc3cccc(C)c3)=C(C)Nc3nc(SCc4ccccc4Cl)nn32)cc(Br)c1OCC(=O)N1CCOCC1. The van der Waals surface area contributed by atoms with Crippen LogP contribution in [0.5, 0.6) is 11.5 Å². The lowest BCUT2D eigenvalue weighted by Crippen LogP contribution is -2.43. The summed E-state index contributed by atoms with van der Waals surface area (Å²) in [7, 11) is 1.53. The molecule has 2 amide bonds. The number of aryl methyl sites for hydroxylation is 1. The number of ether oxygens (including phenoxy) is 3. The van der Waals surface area contributed by atoms with Gasteiger partial charge in [-0.05, 0) is 76.8 Å². The van der Waals surface area contributed by atoms with Crippen LogP contribution in [-0.4, -0.2) is 71.5 Å². The van der Waals surface area contributed by atoms with Gasteiger partial charge in [-0.3, -0.25) is 9.59 Å². The molecule has 1 aromatic heterocycles. The summed E-state index contributed by atoms with van der Waals surface area (Å²) in [6, 6.07) is 18.2. The van der Waals surface area contributed by atoms with Gasteiger partial charge in [-0.2, -0.15) is 4.98 Å². The number of morpholine rings is 1. The average Bonchev–Trinajstić information content (AvgIpc) is 3.48. The summed E-state index contributed by atoms with van der Waals surface area (Å²) < 4.78 is 19.4. The summed E-state index contributed by atoms with van der Waals surface area (Å²) >= 11 is 11.5. The van der Waals surface area contributed by atoms with Crippen LogP contribution in [0.3, 0.4) is 0 Å². The number of allylic oxidation sites excluding steroid dienone is 1. The summed E-state index contributed by atoms with van der Waals surface area (Å²) in [5, 5.41) is 12.4. The van der Waals surface area contributed by atoms with Gasteiger partial charge in [0, 0.05) is 35.2 Å². The van der Waals surface area contributed by atoms with Gasteiger partial charge in [-0.25, -0.2) is 4.68 Å². The number of fused-ring (bicyclic) bond motifs is 1. The summed E-state index contributed by atoms with van der Waals surface area (Å²) in [5.74, 6) is 1.37. The Bertz CT molecular complexity index is 1880. The molecule has 3 aromatic carbocycles. The summed E-state index contributed by atoms with van der Waals surface area (Å²) in [6.07, 6.45) is 0. The monoisotopic (exact) mass is 752 g/mol. The highest BCUT2D eigenvalue weighted by atomic mass is 79.9. The van der Waals surface area contributed by atoms with Crippen LogP contribution in [0.2, 0.25) is 5.02 Å². The van der Waals surface area contributed by atoms with Crippen molar-refractivity contribution >= 4 is 62.7 Å². The molecule has 0 radical (unpaired) electrons. The predicted molar refractivity (Wildman–Crippen MR) is 189 cm³/mol. The number of aromatic nitrogens is 3. The first kappa shape index (κ1) is 33.8. The first-order chi connectivity index (χ1) is 23.2. The van der Waals surface area contributed by atoms with E-state index in [1.165, 1.54) is 18.9 Å². The second-order valence-corrected chi connectivity index (χ2v) is 13.5. The van der Waals surface area contributed by atoms with Crippen LogP contribution in [-0.2, 0) is 20.1 Å². The Labute approximate surface area is 296 Å². The Kier molecular flexibility index (Phi) is 10.6. The number of carbonyl (C=O) groups excluding carboxylic acids is 2. The van der Waals surface area contributed by atoms with Crippen LogP contribution in [0.25, 0.3) is 0 Å². The molecule has 4 aromatic rings. The smallest absolute Gasteiger partial charge is 0.260 e. The van der Waals surface area contributed by atoms with Crippen LogP contribution in [0.4, 0.5) is 11.6 Å². The van der Waals surface area contributed by atoms with Gasteiger partial charge >= 0.3 is 0 Å². The molecule has 0 bridgehead atoms.